The van der Waals surface area contributed by atoms with E-state index in [9.17, 15) is 4.79 Å². The van der Waals surface area contributed by atoms with Crippen molar-refractivity contribution in [2.24, 2.45) is 4.99 Å². The first-order valence-electron chi connectivity index (χ1n) is 10.1. The molecule has 2 fully saturated rings. The third-order valence-electron chi connectivity index (χ3n) is 6.02. The number of carbonyl (C=O) groups excluding carboxylic acids is 1. The zero-order chi connectivity index (χ0) is 19.0. The molecule has 7 nitrogen and oxygen atoms in total. The average molecular weight is 379 g/mol. The number of fused-ring (bicyclic) bond motifs is 1. The number of pyridine rings is 1. The number of amidine groups is 1. The Morgan fingerprint density at radius 2 is 2.14 bits per heavy atom. The minimum Gasteiger partial charge on any atom is -0.459 e. The maximum absolute atomic E-state index is 12.9. The van der Waals surface area contributed by atoms with Crippen LogP contribution in [-0.4, -0.2) is 46.3 Å². The van der Waals surface area contributed by atoms with Crippen molar-refractivity contribution in [2.75, 3.05) is 23.7 Å². The lowest BCUT2D eigenvalue weighted by Gasteiger charge is -2.47. The summed E-state index contributed by atoms with van der Waals surface area (Å²) < 4.78 is 5.35. The predicted octanol–water partition coefficient (Wildman–Crippen LogP) is 3.53. The molecule has 1 saturated carbocycles. The van der Waals surface area contributed by atoms with Crippen LogP contribution in [-0.2, 0) is 0 Å². The number of nitrogens with zero attached hydrogens (tertiary/aromatic N) is 3. The zero-order valence-corrected chi connectivity index (χ0v) is 15.9. The molecule has 1 unspecified atom stereocenters. The average Bonchev–Trinajstić information content (AvgIpc) is 3.42. The van der Waals surface area contributed by atoms with Gasteiger partial charge in [-0.05, 0) is 49.9 Å². The molecule has 0 radical (unpaired) electrons. The number of amides is 1. The van der Waals surface area contributed by atoms with Crippen LogP contribution in [0.15, 0.2) is 46.1 Å². The Kier molecular flexibility index (Phi) is 4.30. The molecule has 2 aliphatic heterocycles. The van der Waals surface area contributed by atoms with Gasteiger partial charge in [0, 0.05) is 12.7 Å². The Morgan fingerprint density at radius 1 is 1.25 bits per heavy atom. The Morgan fingerprint density at radius 3 is 2.96 bits per heavy atom. The van der Waals surface area contributed by atoms with E-state index in [0.717, 1.165) is 49.6 Å². The second kappa shape index (κ2) is 6.96. The summed E-state index contributed by atoms with van der Waals surface area (Å²) in [5.41, 5.74) is 0.541. The molecule has 2 aromatic rings. The lowest BCUT2D eigenvalue weighted by atomic mass is 9.85. The van der Waals surface area contributed by atoms with E-state index < -0.39 is 5.54 Å². The highest BCUT2D eigenvalue weighted by atomic mass is 16.3. The highest BCUT2D eigenvalue weighted by molar-refractivity contribution is 6.09. The van der Waals surface area contributed by atoms with Gasteiger partial charge < -0.3 is 20.0 Å². The van der Waals surface area contributed by atoms with Gasteiger partial charge in [-0.3, -0.25) is 9.79 Å². The quantitative estimate of drug-likeness (QED) is 0.834. The number of furan rings is 1. The van der Waals surface area contributed by atoms with Gasteiger partial charge in [-0.15, -0.1) is 0 Å². The first-order valence-corrected chi connectivity index (χ1v) is 10.1. The summed E-state index contributed by atoms with van der Waals surface area (Å²) in [4.78, 5) is 24.4. The predicted molar refractivity (Wildman–Crippen MR) is 108 cm³/mol. The molecule has 2 aromatic heterocycles. The molecule has 146 valence electrons. The number of likely N-dealkylation sites (tertiary alicyclic amines) is 1. The Balaban J connectivity index is 1.49. The molecular weight excluding hydrogens is 354 g/mol. The minimum atomic E-state index is -0.418. The normalized spacial score (nSPS) is 26.1. The lowest BCUT2D eigenvalue weighted by molar-refractivity contribution is 0.0662. The van der Waals surface area contributed by atoms with E-state index in [2.05, 4.69) is 15.6 Å². The monoisotopic (exact) mass is 379 g/mol. The number of anilines is 2. The summed E-state index contributed by atoms with van der Waals surface area (Å²) in [6.07, 6.45) is 9.88. The van der Waals surface area contributed by atoms with Gasteiger partial charge in [0.25, 0.3) is 5.91 Å². The fraction of sp³-hybridized carbons (Fsp3) is 0.476. The molecule has 0 bridgehead atoms. The first kappa shape index (κ1) is 17.3. The lowest BCUT2D eigenvalue weighted by Crippen LogP contribution is -2.62. The van der Waals surface area contributed by atoms with Crippen molar-refractivity contribution in [2.45, 2.75) is 50.1 Å². The second-order valence-electron chi connectivity index (χ2n) is 7.96. The van der Waals surface area contributed by atoms with Crippen LogP contribution in [0.5, 0.6) is 0 Å². The molecule has 2 N–H and O–H groups in total. The number of aromatic nitrogens is 1. The molecule has 7 heteroatoms. The smallest absolute Gasteiger partial charge is 0.289 e. The summed E-state index contributed by atoms with van der Waals surface area (Å²) >= 11 is 0. The van der Waals surface area contributed by atoms with Gasteiger partial charge in [0.15, 0.2) is 11.6 Å². The number of hydrogen-bond acceptors (Lipinski definition) is 5. The number of hydrogen-bond donors (Lipinski definition) is 2. The number of aliphatic imine (C=N–C) groups is 1. The van der Waals surface area contributed by atoms with E-state index in [1.165, 1.54) is 12.8 Å². The molecule has 1 saturated heterocycles. The van der Waals surface area contributed by atoms with Gasteiger partial charge in [-0.25, -0.2) is 4.98 Å². The van der Waals surface area contributed by atoms with Crippen molar-refractivity contribution in [1.29, 1.82) is 0 Å². The Bertz CT molecular complexity index is 888. The van der Waals surface area contributed by atoms with Gasteiger partial charge in [0.05, 0.1) is 24.5 Å². The zero-order valence-electron chi connectivity index (χ0n) is 15.9. The van der Waals surface area contributed by atoms with Crippen molar-refractivity contribution in [1.82, 2.24) is 9.88 Å². The standard InChI is InChI=1S/C21H25N5O2/c27-19(17-9-4-13-28-17)26-12-5-10-21(14-26)20(23-15-6-1-2-7-15)24-18-16(25-21)8-3-11-22-18/h3-4,8-9,11,13,15,25H,1-2,5-7,10,12,14H2,(H,22,23,24). The summed E-state index contributed by atoms with van der Waals surface area (Å²) in [7, 11) is 0. The van der Waals surface area contributed by atoms with E-state index in [0.29, 0.717) is 18.3 Å². The van der Waals surface area contributed by atoms with Gasteiger partial charge >= 0.3 is 0 Å². The molecule has 1 spiro atoms. The number of carbonyl (C=O) groups is 1. The highest BCUT2D eigenvalue weighted by Gasteiger charge is 2.45. The topological polar surface area (TPSA) is 82.8 Å². The molecule has 1 amide bonds. The van der Waals surface area contributed by atoms with Crippen molar-refractivity contribution in [3.8, 4) is 0 Å². The molecule has 28 heavy (non-hydrogen) atoms. The summed E-state index contributed by atoms with van der Waals surface area (Å²) in [5.74, 6) is 2.04. The van der Waals surface area contributed by atoms with E-state index in [1.807, 2.05) is 17.0 Å². The van der Waals surface area contributed by atoms with E-state index in [1.54, 1.807) is 24.6 Å². The van der Waals surface area contributed by atoms with Gasteiger partial charge in [-0.1, -0.05) is 12.8 Å². The van der Waals surface area contributed by atoms with E-state index in [-0.39, 0.29) is 5.91 Å². The third-order valence-corrected chi connectivity index (χ3v) is 6.02. The molecule has 4 heterocycles. The van der Waals surface area contributed by atoms with Gasteiger partial charge in [0.2, 0.25) is 0 Å². The SMILES string of the molecule is O=C(c1ccco1)N1CCCC2(C1)Nc1cccnc1NC2=NC1CCCC1. The molecule has 1 atom stereocenters. The number of piperidine rings is 1. The fourth-order valence-corrected chi connectivity index (χ4v) is 4.61. The summed E-state index contributed by atoms with van der Waals surface area (Å²) in [5, 5.41) is 7.18. The van der Waals surface area contributed by atoms with Crippen LogP contribution in [0.4, 0.5) is 11.5 Å². The maximum Gasteiger partial charge on any atom is 0.289 e. The first-order chi connectivity index (χ1) is 13.7. The van der Waals surface area contributed by atoms with Crippen molar-refractivity contribution >= 4 is 23.2 Å². The largest absolute Gasteiger partial charge is 0.459 e. The Labute approximate surface area is 164 Å². The third kappa shape index (κ3) is 3.04. The van der Waals surface area contributed by atoms with Crippen molar-refractivity contribution in [3.05, 3.63) is 42.5 Å². The fourth-order valence-electron chi connectivity index (χ4n) is 4.61. The Hall–Kier alpha value is -2.83. The van der Waals surface area contributed by atoms with Crippen LogP contribution < -0.4 is 10.6 Å². The van der Waals surface area contributed by atoms with Crippen LogP contribution in [0, 0.1) is 0 Å². The van der Waals surface area contributed by atoms with Crippen LogP contribution in [0.1, 0.15) is 49.1 Å². The van der Waals surface area contributed by atoms with Gasteiger partial charge in [-0.2, -0.15) is 0 Å². The van der Waals surface area contributed by atoms with Crippen LogP contribution >= 0.6 is 0 Å². The molecular formula is C21H25N5O2. The van der Waals surface area contributed by atoms with Crippen molar-refractivity contribution in [3.63, 3.8) is 0 Å². The summed E-state index contributed by atoms with van der Waals surface area (Å²) in [6, 6.07) is 7.78. The summed E-state index contributed by atoms with van der Waals surface area (Å²) in [6.45, 7) is 1.28. The highest BCUT2D eigenvalue weighted by Crippen LogP contribution is 2.36. The van der Waals surface area contributed by atoms with E-state index in [4.69, 9.17) is 9.41 Å². The van der Waals surface area contributed by atoms with Crippen molar-refractivity contribution < 1.29 is 9.21 Å². The minimum absolute atomic E-state index is 0.0666. The number of rotatable bonds is 2. The van der Waals surface area contributed by atoms with Crippen LogP contribution in [0.25, 0.3) is 0 Å². The molecule has 1 aliphatic carbocycles. The molecule has 3 aliphatic rings. The van der Waals surface area contributed by atoms with Crippen LogP contribution in [0.2, 0.25) is 0 Å². The molecule has 5 rings (SSSR count). The van der Waals surface area contributed by atoms with Gasteiger partial charge in [0.1, 0.15) is 11.4 Å². The van der Waals surface area contributed by atoms with Crippen LogP contribution in [0.3, 0.4) is 0 Å². The molecule has 0 aromatic carbocycles. The second-order valence-corrected chi connectivity index (χ2v) is 7.96. The number of nitrogens with one attached hydrogen (secondary N) is 2. The maximum atomic E-state index is 12.9. The van der Waals surface area contributed by atoms with E-state index >= 15 is 0 Å².